The zero-order valence-electron chi connectivity index (χ0n) is 17.2. The van der Waals surface area contributed by atoms with Crippen LogP contribution >= 0.6 is 11.6 Å². The van der Waals surface area contributed by atoms with E-state index >= 15 is 0 Å². The summed E-state index contributed by atoms with van der Waals surface area (Å²) in [7, 11) is 2.92. The van der Waals surface area contributed by atoms with Gasteiger partial charge in [-0.05, 0) is 23.8 Å². The Morgan fingerprint density at radius 2 is 1.88 bits per heavy atom. The number of nitrogens with one attached hydrogen (secondary N) is 1. The van der Waals surface area contributed by atoms with Gasteiger partial charge in [-0.3, -0.25) is 18.5 Å². The van der Waals surface area contributed by atoms with Gasteiger partial charge in [0.15, 0.2) is 11.2 Å². The quantitative estimate of drug-likeness (QED) is 0.312. The molecule has 0 fully saturated rings. The lowest BCUT2D eigenvalue weighted by molar-refractivity contribution is 0.450. The van der Waals surface area contributed by atoms with Crippen LogP contribution in [-0.4, -0.2) is 35.1 Å². The molecule has 0 radical (unpaired) electrons. The minimum absolute atomic E-state index is 0.0779. The number of benzene rings is 2. The van der Waals surface area contributed by atoms with E-state index in [4.69, 9.17) is 11.6 Å². The normalized spacial score (nSPS) is 11.5. The van der Waals surface area contributed by atoms with E-state index in [1.807, 2.05) is 12.1 Å². The van der Waals surface area contributed by atoms with E-state index in [1.54, 1.807) is 16.7 Å². The second-order valence-corrected chi connectivity index (χ2v) is 7.51. The summed E-state index contributed by atoms with van der Waals surface area (Å²) in [5.41, 5.74) is 3.25. The van der Waals surface area contributed by atoms with Crippen molar-refractivity contribution in [2.75, 3.05) is 5.43 Å². The largest absolute Gasteiger partial charge is 0.508 e. The van der Waals surface area contributed by atoms with Crippen LogP contribution in [0.25, 0.3) is 11.2 Å². The van der Waals surface area contributed by atoms with Gasteiger partial charge in [0.1, 0.15) is 11.5 Å². The third kappa shape index (κ3) is 3.71. The molecule has 2 aromatic carbocycles. The third-order valence-corrected chi connectivity index (χ3v) is 5.39. The lowest BCUT2D eigenvalue weighted by Crippen LogP contribution is -2.37. The topological polar surface area (TPSA) is 127 Å². The number of phenols is 2. The molecule has 164 valence electrons. The molecular weight excluding hydrogens is 436 g/mol. The molecule has 0 aliphatic carbocycles. The monoisotopic (exact) mass is 454 g/mol. The summed E-state index contributed by atoms with van der Waals surface area (Å²) in [5.74, 6) is -0.0324. The van der Waals surface area contributed by atoms with Gasteiger partial charge in [0.05, 0.1) is 12.8 Å². The fourth-order valence-corrected chi connectivity index (χ4v) is 3.48. The van der Waals surface area contributed by atoms with Crippen molar-refractivity contribution in [2.24, 2.45) is 19.2 Å². The summed E-state index contributed by atoms with van der Waals surface area (Å²) in [5, 5.41) is 23.9. The number of imidazole rings is 1. The molecule has 32 heavy (non-hydrogen) atoms. The highest BCUT2D eigenvalue weighted by Crippen LogP contribution is 2.23. The van der Waals surface area contributed by atoms with Crippen molar-refractivity contribution in [1.29, 1.82) is 0 Å². The minimum atomic E-state index is -0.506. The van der Waals surface area contributed by atoms with Crippen molar-refractivity contribution in [1.82, 2.24) is 18.7 Å². The molecule has 0 saturated heterocycles. The first-order valence-corrected chi connectivity index (χ1v) is 9.86. The van der Waals surface area contributed by atoms with Crippen molar-refractivity contribution in [3.8, 4) is 11.5 Å². The van der Waals surface area contributed by atoms with E-state index in [1.165, 1.54) is 43.1 Å². The van der Waals surface area contributed by atoms with Crippen LogP contribution in [0.3, 0.4) is 0 Å². The van der Waals surface area contributed by atoms with E-state index in [0.717, 1.165) is 10.1 Å². The number of aryl methyl sites for hydroxylation is 1. The van der Waals surface area contributed by atoms with Gasteiger partial charge in [-0.2, -0.15) is 10.1 Å². The van der Waals surface area contributed by atoms with Crippen LogP contribution in [0.4, 0.5) is 5.95 Å². The zero-order chi connectivity index (χ0) is 23.0. The summed E-state index contributed by atoms with van der Waals surface area (Å²) >= 11 is 6.32. The predicted octanol–water partition coefficient (Wildman–Crippen LogP) is 1.99. The van der Waals surface area contributed by atoms with Crippen LogP contribution in [0.1, 0.15) is 11.1 Å². The van der Waals surface area contributed by atoms with E-state index in [-0.39, 0.29) is 35.2 Å². The Morgan fingerprint density at radius 3 is 2.59 bits per heavy atom. The number of hydrazone groups is 1. The fraction of sp³-hybridized carbons (Fsp3) is 0.143. The summed E-state index contributed by atoms with van der Waals surface area (Å²) in [4.78, 5) is 29.7. The summed E-state index contributed by atoms with van der Waals surface area (Å²) < 4.78 is 3.88. The van der Waals surface area contributed by atoms with Crippen molar-refractivity contribution < 1.29 is 10.2 Å². The standard InChI is InChI=1S/C21H19ClN6O4/c1-26-18-17(19(31)27(2)21(26)32)28(11-13-5-3-4-6-15(13)22)20(24-18)25-23-10-12-7-8-14(29)9-16(12)30/h3-10,29-30H,11H2,1-2H3,(H,24,25). The first-order chi connectivity index (χ1) is 15.3. The van der Waals surface area contributed by atoms with E-state index < -0.39 is 11.2 Å². The van der Waals surface area contributed by atoms with Crippen LogP contribution in [-0.2, 0) is 20.6 Å². The van der Waals surface area contributed by atoms with E-state index in [2.05, 4.69) is 15.5 Å². The lowest BCUT2D eigenvalue weighted by atomic mass is 10.2. The van der Waals surface area contributed by atoms with Gasteiger partial charge in [0.25, 0.3) is 5.56 Å². The number of aromatic hydroxyl groups is 2. The van der Waals surface area contributed by atoms with Gasteiger partial charge in [-0.1, -0.05) is 29.8 Å². The number of halogens is 1. The molecule has 11 heteroatoms. The maximum atomic E-state index is 12.9. The molecule has 0 atom stereocenters. The minimum Gasteiger partial charge on any atom is -0.508 e. The average molecular weight is 455 g/mol. The summed E-state index contributed by atoms with van der Waals surface area (Å²) in [6.45, 7) is 0.200. The van der Waals surface area contributed by atoms with Crippen LogP contribution < -0.4 is 16.7 Å². The number of hydrogen-bond donors (Lipinski definition) is 3. The van der Waals surface area contributed by atoms with Crippen molar-refractivity contribution in [3.63, 3.8) is 0 Å². The SMILES string of the molecule is Cn1c(=O)c2c(nc(NN=Cc3ccc(O)cc3O)n2Cc2ccccc2Cl)n(C)c1=O. The second kappa shape index (κ2) is 8.23. The molecule has 2 aromatic heterocycles. The van der Waals surface area contributed by atoms with Gasteiger partial charge in [-0.15, -0.1) is 0 Å². The van der Waals surface area contributed by atoms with Gasteiger partial charge in [0.2, 0.25) is 5.95 Å². The number of anilines is 1. The van der Waals surface area contributed by atoms with Gasteiger partial charge < -0.3 is 10.2 Å². The molecule has 0 aliphatic heterocycles. The number of phenolic OH excluding ortho intramolecular Hbond substituents is 2. The first-order valence-electron chi connectivity index (χ1n) is 9.48. The average Bonchev–Trinajstić information content (AvgIpc) is 3.12. The summed E-state index contributed by atoms with van der Waals surface area (Å²) in [6.07, 6.45) is 1.34. The molecule has 0 saturated carbocycles. The maximum Gasteiger partial charge on any atom is 0.332 e. The first kappa shape index (κ1) is 21.2. The molecule has 10 nitrogen and oxygen atoms in total. The smallest absolute Gasteiger partial charge is 0.332 e. The molecule has 4 rings (SSSR count). The van der Waals surface area contributed by atoms with Crippen LogP contribution in [0.2, 0.25) is 5.02 Å². The molecule has 2 heterocycles. The number of fused-ring (bicyclic) bond motifs is 1. The molecule has 0 spiro atoms. The molecule has 3 N–H and O–H groups in total. The zero-order valence-corrected chi connectivity index (χ0v) is 17.9. The van der Waals surface area contributed by atoms with Crippen molar-refractivity contribution >= 4 is 34.9 Å². The molecule has 0 amide bonds. The van der Waals surface area contributed by atoms with Crippen LogP contribution in [0.5, 0.6) is 11.5 Å². The van der Waals surface area contributed by atoms with Crippen molar-refractivity contribution in [2.45, 2.75) is 6.54 Å². The van der Waals surface area contributed by atoms with Gasteiger partial charge in [-0.25, -0.2) is 10.2 Å². The Morgan fingerprint density at radius 1 is 1.12 bits per heavy atom. The van der Waals surface area contributed by atoms with Gasteiger partial charge >= 0.3 is 5.69 Å². The molecule has 0 unspecified atom stereocenters. The molecule has 4 aromatic rings. The van der Waals surface area contributed by atoms with Gasteiger partial charge in [0, 0.05) is 30.7 Å². The lowest BCUT2D eigenvalue weighted by Gasteiger charge is -2.10. The predicted molar refractivity (Wildman–Crippen MR) is 122 cm³/mol. The van der Waals surface area contributed by atoms with Crippen molar-refractivity contribution in [3.05, 3.63) is 79.5 Å². The highest BCUT2D eigenvalue weighted by molar-refractivity contribution is 6.31. The van der Waals surface area contributed by atoms with Crippen LogP contribution in [0, 0.1) is 0 Å². The number of aromatic nitrogens is 4. The second-order valence-electron chi connectivity index (χ2n) is 7.10. The Labute approximate surface area is 186 Å². The number of hydrogen-bond acceptors (Lipinski definition) is 7. The number of rotatable bonds is 5. The Balaban J connectivity index is 1.84. The third-order valence-electron chi connectivity index (χ3n) is 5.02. The Hall–Kier alpha value is -4.05. The summed E-state index contributed by atoms with van der Waals surface area (Å²) in [6, 6.07) is 11.3. The molecular formula is C21H19ClN6O4. The fourth-order valence-electron chi connectivity index (χ4n) is 3.28. The molecule has 0 aliphatic rings. The number of nitrogens with zero attached hydrogens (tertiary/aromatic N) is 5. The van der Waals surface area contributed by atoms with E-state index in [0.29, 0.717) is 10.6 Å². The Kier molecular flexibility index (Phi) is 5.45. The maximum absolute atomic E-state index is 12.9. The van der Waals surface area contributed by atoms with Crippen LogP contribution in [0.15, 0.2) is 57.2 Å². The van der Waals surface area contributed by atoms with E-state index in [9.17, 15) is 19.8 Å². The highest BCUT2D eigenvalue weighted by Gasteiger charge is 2.19. The highest BCUT2D eigenvalue weighted by atomic mass is 35.5. The Bertz CT molecular complexity index is 1480. The molecule has 0 bridgehead atoms.